The normalized spacial score (nSPS) is 14.6. The van der Waals surface area contributed by atoms with Gasteiger partial charge in [-0.15, -0.1) is 0 Å². The Kier molecular flexibility index (Phi) is 4.99. The Hall–Kier alpha value is -2.56. The Bertz CT molecular complexity index is 691. The van der Waals surface area contributed by atoms with Crippen LogP contribution >= 0.6 is 0 Å². The highest BCUT2D eigenvalue weighted by molar-refractivity contribution is 5.89. The summed E-state index contributed by atoms with van der Waals surface area (Å²) < 4.78 is 0. The van der Waals surface area contributed by atoms with Gasteiger partial charge in [-0.1, -0.05) is 25.1 Å². The SMILES string of the molecule is CCc1ccc(NC(=O)N2CCN(c3cccc(C)n3)CC2)cc1. The lowest BCUT2D eigenvalue weighted by Crippen LogP contribution is -2.50. The zero-order chi connectivity index (χ0) is 16.9. The Balaban J connectivity index is 1.54. The van der Waals surface area contributed by atoms with Crippen molar-refractivity contribution in [2.24, 2.45) is 0 Å². The van der Waals surface area contributed by atoms with E-state index in [4.69, 9.17) is 0 Å². The molecule has 5 nitrogen and oxygen atoms in total. The van der Waals surface area contributed by atoms with Crippen LogP contribution in [0.3, 0.4) is 0 Å². The molecule has 1 aliphatic heterocycles. The summed E-state index contributed by atoms with van der Waals surface area (Å²) in [4.78, 5) is 21.0. The molecule has 1 aromatic heterocycles. The second-order valence-corrected chi connectivity index (χ2v) is 6.09. The monoisotopic (exact) mass is 324 g/mol. The number of hydrogen-bond donors (Lipinski definition) is 1. The maximum atomic E-state index is 12.4. The van der Waals surface area contributed by atoms with Crippen molar-refractivity contribution in [2.75, 3.05) is 36.4 Å². The first-order valence-corrected chi connectivity index (χ1v) is 8.49. The van der Waals surface area contributed by atoms with Crippen molar-refractivity contribution in [3.05, 3.63) is 53.7 Å². The number of urea groups is 1. The van der Waals surface area contributed by atoms with Crippen LogP contribution in [0.15, 0.2) is 42.5 Å². The molecule has 1 aromatic carbocycles. The predicted molar refractivity (Wildman–Crippen MR) is 97.6 cm³/mol. The molecule has 0 atom stereocenters. The van der Waals surface area contributed by atoms with Gasteiger partial charge in [-0.05, 0) is 43.2 Å². The average molecular weight is 324 g/mol. The first-order chi connectivity index (χ1) is 11.7. The van der Waals surface area contributed by atoms with Gasteiger partial charge >= 0.3 is 6.03 Å². The number of carbonyl (C=O) groups excluding carboxylic acids is 1. The van der Waals surface area contributed by atoms with Crippen LogP contribution in [-0.4, -0.2) is 42.1 Å². The number of anilines is 2. The summed E-state index contributed by atoms with van der Waals surface area (Å²) in [5.74, 6) is 0.991. The quantitative estimate of drug-likeness (QED) is 0.942. The number of hydrogen-bond acceptors (Lipinski definition) is 3. The van der Waals surface area contributed by atoms with Crippen LogP contribution in [0.1, 0.15) is 18.2 Å². The molecule has 24 heavy (non-hydrogen) atoms. The van der Waals surface area contributed by atoms with E-state index in [1.54, 1.807) is 0 Å². The van der Waals surface area contributed by atoms with E-state index in [0.717, 1.165) is 36.7 Å². The summed E-state index contributed by atoms with van der Waals surface area (Å²) in [5, 5.41) is 2.98. The Morgan fingerprint density at radius 1 is 1.08 bits per heavy atom. The van der Waals surface area contributed by atoms with E-state index in [0.29, 0.717) is 13.1 Å². The highest BCUT2D eigenvalue weighted by atomic mass is 16.2. The van der Waals surface area contributed by atoms with Crippen LogP contribution in [0, 0.1) is 6.92 Å². The molecule has 1 fully saturated rings. The molecule has 1 aliphatic rings. The van der Waals surface area contributed by atoms with Crippen molar-refractivity contribution in [1.82, 2.24) is 9.88 Å². The highest BCUT2D eigenvalue weighted by Crippen LogP contribution is 2.15. The second kappa shape index (κ2) is 7.34. The van der Waals surface area contributed by atoms with Gasteiger partial charge in [-0.2, -0.15) is 0 Å². The van der Waals surface area contributed by atoms with E-state index >= 15 is 0 Å². The molecule has 126 valence electrons. The van der Waals surface area contributed by atoms with Gasteiger partial charge in [0.25, 0.3) is 0 Å². The minimum absolute atomic E-state index is 0.0314. The Labute approximate surface area is 143 Å². The molecule has 0 radical (unpaired) electrons. The number of rotatable bonds is 3. The van der Waals surface area contributed by atoms with Crippen molar-refractivity contribution < 1.29 is 4.79 Å². The molecule has 2 amide bonds. The van der Waals surface area contributed by atoms with Gasteiger partial charge in [-0.25, -0.2) is 9.78 Å². The Morgan fingerprint density at radius 2 is 1.79 bits per heavy atom. The molecule has 0 spiro atoms. The van der Waals surface area contributed by atoms with Crippen LogP contribution in [0.25, 0.3) is 0 Å². The van der Waals surface area contributed by atoms with Crippen molar-refractivity contribution in [2.45, 2.75) is 20.3 Å². The van der Waals surface area contributed by atoms with Gasteiger partial charge in [0, 0.05) is 37.6 Å². The van der Waals surface area contributed by atoms with Gasteiger partial charge in [-0.3, -0.25) is 0 Å². The number of nitrogens with one attached hydrogen (secondary N) is 1. The van der Waals surface area contributed by atoms with Crippen molar-refractivity contribution in [3.8, 4) is 0 Å². The molecule has 0 unspecified atom stereocenters. The van der Waals surface area contributed by atoms with Gasteiger partial charge in [0.1, 0.15) is 5.82 Å². The summed E-state index contributed by atoms with van der Waals surface area (Å²) in [6, 6.07) is 14.0. The summed E-state index contributed by atoms with van der Waals surface area (Å²) in [7, 11) is 0. The molecular formula is C19H24N4O. The van der Waals surface area contributed by atoms with Crippen LogP contribution < -0.4 is 10.2 Å². The highest BCUT2D eigenvalue weighted by Gasteiger charge is 2.21. The molecule has 0 aliphatic carbocycles. The van der Waals surface area contributed by atoms with Crippen molar-refractivity contribution >= 4 is 17.5 Å². The zero-order valence-electron chi connectivity index (χ0n) is 14.3. The summed E-state index contributed by atoms with van der Waals surface area (Å²) in [6.45, 7) is 7.13. The van der Waals surface area contributed by atoms with Crippen LogP contribution in [0.5, 0.6) is 0 Å². The first kappa shape index (κ1) is 16.3. The third-order valence-electron chi connectivity index (χ3n) is 4.38. The number of carbonyl (C=O) groups is 1. The number of nitrogens with zero attached hydrogens (tertiary/aromatic N) is 3. The number of amides is 2. The molecule has 1 saturated heterocycles. The van der Waals surface area contributed by atoms with Gasteiger partial charge < -0.3 is 15.1 Å². The minimum atomic E-state index is -0.0314. The topological polar surface area (TPSA) is 48.5 Å². The van der Waals surface area contributed by atoms with E-state index in [1.165, 1.54) is 5.56 Å². The summed E-state index contributed by atoms with van der Waals surface area (Å²) >= 11 is 0. The van der Waals surface area contributed by atoms with Crippen LogP contribution in [-0.2, 0) is 6.42 Å². The van der Waals surface area contributed by atoms with E-state index in [2.05, 4.69) is 34.3 Å². The van der Waals surface area contributed by atoms with E-state index in [9.17, 15) is 4.79 Å². The molecule has 0 bridgehead atoms. The van der Waals surface area contributed by atoms with E-state index in [1.807, 2.05) is 42.2 Å². The first-order valence-electron chi connectivity index (χ1n) is 8.49. The fourth-order valence-corrected chi connectivity index (χ4v) is 2.87. The lowest BCUT2D eigenvalue weighted by Gasteiger charge is -2.35. The van der Waals surface area contributed by atoms with Crippen molar-refractivity contribution in [1.29, 1.82) is 0 Å². The largest absolute Gasteiger partial charge is 0.353 e. The zero-order valence-corrected chi connectivity index (χ0v) is 14.3. The van der Waals surface area contributed by atoms with Gasteiger partial charge in [0.15, 0.2) is 0 Å². The standard InChI is InChI=1S/C19H24N4O/c1-3-16-7-9-17(10-8-16)21-19(24)23-13-11-22(12-14-23)18-6-4-5-15(2)20-18/h4-10H,3,11-14H2,1-2H3,(H,21,24). The number of aryl methyl sites for hydroxylation is 2. The lowest BCUT2D eigenvalue weighted by molar-refractivity contribution is 0.208. The van der Waals surface area contributed by atoms with Crippen molar-refractivity contribution in [3.63, 3.8) is 0 Å². The average Bonchev–Trinajstić information content (AvgIpc) is 2.62. The van der Waals surface area contributed by atoms with Gasteiger partial charge in [0.2, 0.25) is 0 Å². The third kappa shape index (κ3) is 3.85. The molecule has 0 saturated carbocycles. The van der Waals surface area contributed by atoms with Gasteiger partial charge in [0.05, 0.1) is 0 Å². The van der Waals surface area contributed by atoms with E-state index in [-0.39, 0.29) is 6.03 Å². The summed E-state index contributed by atoms with van der Waals surface area (Å²) in [6.07, 6.45) is 1.00. The molecule has 5 heteroatoms. The summed E-state index contributed by atoms with van der Waals surface area (Å²) in [5.41, 5.74) is 3.13. The third-order valence-corrected chi connectivity index (χ3v) is 4.38. The number of pyridine rings is 1. The number of benzene rings is 1. The Morgan fingerprint density at radius 3 is 2.42 bits per heavy atom. The lowest BCUT2D eigenvalue weighted by atomic mass is 10.1. The minimum Gasteiger partial charge on any atom is -0.353 e. The molecule has 3 rings (SSSR count). The second-order valence-electron chi connectivity index (χ2n) is 6.09. The van der Waals surface area contributed by atoms with E-state index < -0.39 is 0 Å². The van der Waals surface area contributed by atoms with Crippen LogP contribution in [0.2, 0.25) is 0 Å². The number of piperazine rings is 1. The predicted octanol–water partition coefficient (Wildman–Crippen LogP) is 3.31. The maximum absolute atomic E-state index is 12.4. The molecule has 2 heterocycles. The molecular weight excluding hydrogens is 300 g/mol. The maximum Gasteiger partial charge on any atom is 0.321 e. The molecule has 2 aromatic rings. The number of aromatic nitrogens is 1. The van der Waals surface area contributed by atoms with Crippen LogP contribution in [0.4, 0.5) is 16.3 Å². The smallest absolute Gasteiger partial charge is 0.321 e. The fourth-order valence-electron chi connectivity index (χ4n) is 2.87. The fraction of sp³-hybridized carbons (Fsp3) is 0.368. The molecule has 1 N–H and O–H groups in total.